The van der Waals surface area contributed by atoms with Crippen molar-refractivity contribution in [3.8, 4) is 11.1 Å². The van der Waals surface area contributed by atoms with Crippen LogP contribution in [0.3, 0.4) is 0 Å². The van der Waals surface area contributed by atoms with Crippen LogP contribution >= 0.6 is 0 Å². The van der Waals surface area contributed by atoms with E-state index in [1.165, 1.54) is 55.5 Å². The lowest BCUT2D eigenvalue weighted by Gasteiger charge is -2.44. The van der Waals surface area contributed by atoms with Gasteiger partial charge in [0.15, 0.2) is 0 Å². The summed E-state index contributed by atoms with van der Waals surface area (Å²) in [6, 6.07) is 27.2. The molecule has 0 unspecified atom stereocenters. The quantitative estimate of drug-likeness (QED) is 0.315. The Hall–Kier alpha value is -3.06. The molecule has 0 spiro atoms. The molecule has 2 aliphatic rings. The van der Waals surface area contributed by atoms with E-state index in [1.807, 2.05) is 0 Å². The fourth-order valence-corrected chi connectivity index (χ4v) is 6.98. The number of fused-ring (bicyclic) bond motifs is 5. The highest BCUT2D eigenvalue weighted by Crippen LogP contribution is 2.64. The highest BCUT2D eigenvalue weighted by atomic mass is 14.9. The molecule has 2 aliphatic carbocycles. The largest absolute Gasteiger partial charge is 0.355 e. The molecular formula is C34H37N. The molecule has 4 aromatic rings. The van der Waals surface area contributed by atoms with E-state index in [2.05, 4.69) is 134 Å². The minimum atomic E-state index is -0.00638. The summed E-state index contributed by atoms with van der Waals surface area (Å²) < 4.78 is 0. The monoisotopic (exact) mass is 459 g/mol. The van der Waals surface area contributed by atoms with E-state index in [0.29, 0.717) is 0 Å². The first-order valence-electron chi connectivity index (χ1n) is 13.0. The maximum atomic E-state index is 3.97. The first kappa shape index (κ1) is 22.4. The van der Waals surface area contributed by atoms with Gasteiger partial charge in [0, 0.05) is 16.5 Å². The fourth-order valence-electron chi connectivity index (χ4n) is 6.98. The van der Waals surface area contributed by atoms with Crippen LogP contribution in [-0.2, 0) is 16.2 Å². The molecular weight excluding hydrogens is 422 g/mol. The van der Waals surface area contributed by atoms with E-state index in [9.17, 15) is 0 Å². The Morgan fingerprint density at radius 2 is 1.23 bits per heavy atom. The number of anilines is 2. The zero-order valence-electron chi connectivity index (χ0n) is 22.4. The zero-order valence-corrected chi connectivity index (χ0v) is 22.4. The second-order valence-corrected chi connectivity index (χ2v) is 12.8. The van der Waals surface area contributed by atoms with E-state index in [4.69, 9.17) is 0 Å². The van der Waals surface area contributed by atoms with Gasteiger partial charge in [-0.05, 0) is 67.1 Å². The summed E-state index contributed by atoms with van der Waals surface area (Å²) in [7, 11) is 0. The van der Waals surface area contributed by atoms with Gasteiger partial charge < -0.3 is 5.32 Å². The minimum Gasteiger partial charge on any atom is -0.355 e. The zero-order chi connectivity index (χ0) is 25.0. The third-order valence-electron chi connectivity index (χ3n) is 10.3. The van der Waals surface area contributed by atoms with Gasteiger partial charge in [0.25, 0.3) is 0 Å². The lowest BCUT2D eigenvalue weighted by Crippen LogP contribution is -2.42. The molecule has 0 saturated heterocycles. The number of hydrogen-bond donors (Lipinski definition) is 1. The van der Waals surface area contributed by atoms with Crippen LogP contribution in [0.2, 0.25) is 0 Å². The summed E-state index contributed by atoms with van der Waals surface area (Å²) in [6.45, 7) is 19.3. The Morgan fingerprint density at radius 3 is 2.00 bits per heavy atom. The molecule has 0 heterocycles. The smallest absolute Gasteiger partial charge is 0.0505 e. The molecule has 4 aromatic carbocycles. The van der Waals surface area contributed by atoms with Crippen LogP contribution in [0.15, 0.2) is 72.8 Å². The van der Waals surface area contributed by atoms with Crippen molar-refractivity contribution in [2.24, 2.45) is 5.41 Å². The van der Waals surface area contributed by atoms with Crippen molar-refractivity contribution < 1.29 is 0 Å². The minimum absolute atomic E-state index is 0.00638. The second-order valence-electron chi connectivity index (χ2n) is 12.8. The molecule has 1 N–H and O–H groups in total. The predicted octanol–water partition coefficient (Wildman–Crippen LogP) is 9.48. The Bertz CT molecular complexity index is 1510. The number of rotatable bonds is 2. The molecule has 35 heavy (non-hydrogen) atoms. The first-order chi connectivity index (χ1) is 16.4. The normalized spacial score (nSPS) is 19.8. The van der Waals surface area contributed by atoms with Crippen molar-refractivity contribution in [2.75, 3.05) is 5.32 Å². The van der Waals surface area contributed by atoms with Crippen molar-refractivity contribution in [3.63, 3.8) is 0 Å². The average Bonchev–Trinajstić information content (AvgIpc) is 3.10. The summed E-state index contributed by atoms with van der Waals surface area (Å²) in [4.78, 5) is 0. The fraction of sp³-hybridized carbons (Fsp3) is 0.353. The number of benzene rings is 4. The van der Waals surface area contributed by atoms with Gasteiger partial charge in [0.2, 0.25) is 0 Å². The summed E-state index contributed by atoms with van der Waals surface area (Å²) >= 11 is 0. The lowest BCUT2D eigenvalue weighted by molar-refractivity contribution is 0.125. The molecule has 178 valence electrons. The van der Waals surface area contributed by atoms with Gasteiger partial charge in [0.1, 0.15) is 0 Å². The molecule has 0 aromatic heterocycles. The molecule has 0 saturated carbocycles. The standard InChI is InChI=1S/C34H37N/c1-31(2)26-16-12-11-15-24(26)25-18-17-22(20-27(25)31)35-30-23-14-10-9-13-21(23)19-28-29(30)33(5,6)34(7,8)32(28,3)4/h9-20,35H,1-8H3. The van der Waals surface area contributed by atoms with E-state index >= 15 is 0 Å². The molecule has 0 bridgehead atoms. The van der Waals surface area contributed by atoms with E-state index in [-0.39, 0.29) is 21.7 Å². The van der Waals surface area contributed by atoms with Gasteiger partial charge in [-0.25, -0.2) is 0 Å². The van der Waals surface area contributed by atoms with E-state index in [1.54, 1.807) is 0 Å². The van der Waals surface area contributed by atoms with Crippen molar-refractivity contribution in [2.45, 2.75) is 71.6 Å². The third kappa shape index (κ3) is 2.70. The van der Waals surface area contributed by atoms with Crippen LogP contribution in [0.4, 0.5) is 11.4 Å². The van der Waals surface area contributed by atoms with Gasteiger partial charge in [-0.3, -0.25) is 0 Å². The highest BCUT2D eigenvalue weighted by Gasteiger charge is 2.58. The van der Waals surface area contributed by atoms with Crippen molar-refractivity contribution in [1.82, 2.24) is 0 Å². The Labute approximate surface area is 210 Å². The van der Waals surface area contributed by atoms with Gasteiger partial charge in [-0.15, -0.1) is 0 Å². The Kier molecular flexibility index (Phi) is 4.34. The topological polar surface area (TPSA) is 12.0 Å². The summed E-state index contributed by atoms with van der Waals surface area (Å²) in [5.74, 6) is 0. The van der Waals surface area contributed by atoms with Gasteiger partial charge >= 0.3 is 0 Å². The molecule has 0 aliphatic heterocycles. The van der Waals surface area contributed by atoms with Crippen LogP contribution in [0.5, 0.6) is 0 Å². The van der Waals surface area contributed by atoms with Crippen LogP contribution < -0.4 is 5.32 Å². The molecule has 0 radical (unpaired) electrons. The molecule has 1 nitrogen and oxygen atoms in total. The van der Waals surface area contributed by atoms with Gasteiger partial charge in [-0.1, -0.05) is 116 Å². The van der Waals surface area contributed by atoms with Crippen LogP contribution in [-0.4, -0.2) is 0 Å². The van der Waals surface area contributed by atoms with Crippen LogP contribution in [0.1, 0.15) is 77.6 Å². The maximum Gasteiger partial charge on any atom is 0.0505 e. The Balaban J connectivity index is 1.57. The van der Waals surface area contributed by atoms with Crippen molar-refractivity contribution in [3.05, 3.63) is 95.1 Å². The molecule has 0 amide bonds. The number of nitrogens with one attached hydrogen (secondary N) is 1. The molecule has 1 heteroatoms. The SMILES string of the molecule is CC1(C)c2ccccc2-c2ccc(Nc3c4c(cc5ccccc35)C(C)(C)C(C)(C)C4(C)C)cc21. The third-order valence-corrected chi connectivity index (χ3v) is 10.3. The molecule has 6 rings (SSSR count). The summed E-state index contributed by atoms with van der Waals surface area (Å²) in [5.41, 5.74) is 11.1. The van der Waals surface area contributed by atoms with Crippen molar-refractivity contribution in [1.29, 1.82) is 0 Å². The predicted molar refractivity (Wildman–Crippen MR) is 151 cm³/mol. The van der Waals surface area contributed by atoms with Gasteiger partial charge in [-0.2, -0.15) is 0 Å². The lowest BCUT2D eigenvalue weighted by atomic mass is 9.59. The first-order valence-corrected chi connectivity index (χ1v) is 13.0. The maximum absolute atomic E-state index is 3.97. The molecule has 0 atom stereocenters. The number of hydrogen-bond acceptors (Lipinski definition) is 1. The van der Waals surface area contributed by atoms with E-state index in [0.717, 1.165) is 0 Å². The summed E-state index contributed by atoms with van der Waals surface area (Å²) in [5, 5.41) is 6.58. The average molecular weight is 460 g/mol. The summed E-state index contributed by atoms with van der Waals surface area (Å²) in [6.07, 6.45) is 0. The van der Waals surface area contributed by atoms with Crippen LogP contribution in [0, 0.1) is 5.41 Å². The van der Waals surface area contributed by atoms with Crippen LogP contribution in [0.25, 0.3) is 21.9 Å². The van der Waals surface area contributed by atoms with Gasteiger partial charge in [0.05, 0.1) is 5.69 Å². The highest BCUT2D eigenvalue weighted by molar-refractivity contribution is 6.00. The van der Waals surface area contributed by atoms with E-state index < -0.39 is 0 Å². The molecule has 0 fully saturated rings. The Morgan fingerprint density at radius 1 is 0.571 bits per heavy atom. The van der Waals surface area contributed by atoms with Crippen molar-refractivity contribution >= 4 is 22.1 Å². The second kappa shape index (κ2) is 6.78.